The van der Waals surface area contributed by atoms with Gasteiger partial charge in [-0.05, 0) is 26.7 Å². The standard InChI is InChI=1S/C13H21NO5/c1-3-14(10-8-18-7-9(10)11(15)16)12(17)13(2)5-4-6-19-13/h9-10H,3-8H2,1-2H3,(H,15,16). The summed E-state index contributed by atoms with van der Waals surface area (Å²) < 4.78 is 10.8. The Morgan fingerprint density at radius 3 is 2.68 bits per heavy atom. The van der Waals surface area contributed by atoms with Crippen LogP contribution >= 0.6 is 0 Å². The van der Waals surface area contributed by atoms with Gasteiger partial charge in [0.15, 0.2) is 0 Å². The predicted octanol–water partition coefficient (Wildman–Crippen LogP) is 0.504. The lowest BCUT2D eigenvalue weighted by molar-refractivity contribution is -0.156. The molecule has 0 aliphatic carbocycles. The molecule has 6 nitrogen and oxygen atoms in total. The number of aliphatic carboxylic acids is 1. The van der Waals surface area contributed by atoms with Crippen LogP contribution in [0.3, 0.4) is 0 Å². The molecule has 19 heavy (non-hydrogen) atoms. The number of nitrogens with zero attached hydrogens (tertiary/aromatic N) is 1. The van der Waals surface area contributed by atoms with Gasteiger partial charge in [0, 0.05) is 13.2 Å². The summed E-state index contributed by atoms with van der Waals surface area (Å²) in [6, 6.07) is -0.393. The Bertz CT molecular complexity index is 364. The molecule has 6 heteroatoms. The van der Waals surface area contributed by atoms with Crippen molar-refractivity contribution in [2.24, 2.45) is 5.92 Å². The molecule has 0 aromatic rings. The monoisotopic (exact) mass is 271 g/mol. The van der Waals surface area contributed by atoms with E-state index in [9.17, 15) is 14.7 Å². The lowest BCUT2D eigenvalue weighted by Crippen LogP contribution is -2.54. The van der Waals surface area contributed by atoms with Crippen LogP contribution in [-0.4, -0.2) is 59.9 Å². The summed E-state index contributed by atoms with van der Waals surface area (Å²) in [5.74, 6) is -1.67. The van der Waals surface area contributed by atoms with Crippen molar-refractivity contribution in [3.63, 3.8) is 0 Å². The van der Waals surface area contributed by atoms with Crippen molar-refractivity contribution in [1.29, 1.82) is 0 Å². The number of carboxylic acids is 1. The fourth-order valence-electron chi connectivity index (χ4n) is 2.87. The van der Waals surface area contributed by atoms with Gasteiger partial charge in [0.05, 0.1) is 19.3 Å². The molecule has 2 saturated heterocycles. The van der Waals surface area contributed by atoms with Crippen LogP contribution in [-0.2, 0) is 19.1 Å². The summed E-state index contributed by atoms with van der Waals surface area (Å²) in [5, 5.41) is 9.19. The van der Waals surface area contributed by atoms with E-state index < -0.39 is 23.5 Å². The van der Waals surface area contributed by atoms with E-state index >= 15 is 0 Å². The maximum absolute atomic E-state index is 12.6. The number of amides is 1. The Kier molecular flexibility index (Phi) is 4.10. The van der Waals surface area contributed by atoms with Crippen molar-refractivity contribution in [3.8, 4) is 0 Å². The van der Waals surface area contributed by atoms with Gasteiger partial charge >= 0.3 is 5.97 Å². The highest BCUT2D eigenvalue weighted by molar-refractivity contribution is 5.86. The highest BCUT2D eigenvalue weighted by Crippen LogP contribution is 2.30. The summed E-state index contributed by atoms with van der Waals surface area (Å²) in [4.78, 5) is 25.4. The molecule has 1 N–H and O–H groups in total. The van der Waals surface area contributed by atoms with E-state index in [2.05, 4.69) is 0 Å². The van der Waals surface area contributed by atoms with E-state index in [1.165, 1.54) is 0 Å². The van der Waals surface area contributed by atoms with E-state index in [1.54, 1.807) is 11.8 Å². The van der Waals surface area contributed by atoms with Crippen LogP contribution in [0.4, 0.5) is 0 Å². The maximum Gasteiger partial charge on any atom is 0.311 e. The average molecular weight is 271 g/mol. The number of hydrogen-bond donors (Lipinski definition) is 1. The Morgan fingerprint density at radius 2 is 2.16 bits per heavy atom. The lowest BCUT2D eigenvalue weighted by Gasteiger charge is -2.35. The summed E-state index contributed by atoms with van der Waals surface area (Å²) in [5.41, 5.74) is -0.804. The molecule has 2 rings (SSSR count). The van der Waals surface area contributed by atoms with Crippen molar-refractivity contribution in [2.75, 3.05) is 26.4 Å². The molecule has 108 valence electrons. The molecule has 0 saturated carbocycles. The molecule has 0 bridgehead atoms. The number of rotatable bonds is 4. The summed E-state index contributed by atoms with van der Waals surface area (Å²) >= 11 is 0. The normalized spacial score (nSPS) is 34.4. The van der Waals surface area contributed by atoms with Crippen LogP contribution in [0.5, 0.6) is 0 Å². The van der Waals surface area contributed by atoms with Crippen LogP contribution in [0, 0.1) is 5.92 Å². The smallest absolute Gasteiger partial charge is 0.311 e. The third kappa shape index (κ3) is 2.60. The van der Waals surface area contributed by atoms with Crippen molar-refractivity contribution in [3.05, 3.63) is 0 Å². The first-order valence-corrected chi connectivity index (χ1v) is 6.75. The van der Waals surface area contributed by atoms with E-state index in [0.717, 1.165) is 6.42 Å². The van der Waals surface area contributed by atoms with Gasteiger partial charge in [0.1, 0.15) is 11.5 Å². The summed E-state index contributed by atoms with van der Waals surface area (Å²) in [6.07, 6.45) is 1.55. The second-order valence-electron chi connectivity index (χ2n) is 5.32. The van der Waals surface area contributed by atoms with E-state index in [-0.39, 0.29) is 19.1 Å². The van der Waals surface area contributed by atoms with E-state index in [0.29, 0.717) is 19.6 Å². The van der Waals surface area contributed by atoms with Crippen LogP contribution < -0.4 is 0 Å². The highest BCUT2D eigenvalue weighted by Gasteiger charge is 2.46. The Morgan fingerprint density at radius 1 is 1.42 bits per heavy atom. The topological polar surface area (TPSA) is 76.1 Å². The fraction of sp³-hybridized carbons (Fsp3) is 0.846. The number of likely N-dealkylation sites (N-methyl/N-ethyl adjacent to an activating group) is 1. The number of carbonyl (C=O) groups is 2. The van der Waals surface area contributed by atoms with Crippen molar-refractivity contribution < 1.29 is 24.2 Å². The van der Waals surface area contributed by atoms with Crippen LogP contribution in [0.2, 0.25) is 0 Å². The molecule has 0 radical (unpaired) electrons. The number of hydrogen-bond acceptors (Lipinski definition) is 4. The van der Waals surface area contributed by atoms with Crippen molar-refractivity contribution in [1.82, 2.24) is 4.90 Å². The largest absolute Gasteiger partial charge is 0.481 e. The second kappa shape index (κ2) is 5.46. The Hall–Kier alpha value is -1.14. The molecule has 0 aromatic heterocycles. The minimum absolute atomic E-state index is 0.116. The van der Waals surface area contributed by atoms with Gasteiger partial charge in [-0.15, -0.1) is 0 Å². The summed E-state index contributed by atoms with van der Waals surface area (Å²) in [6.45, 7) is 5.15. The SMILES string of the molecule is CCN(C(=O)C1(C)CCCO1)C1COCC1C(=O)O. The first kappa shape index (κ1) is 14.3. The average Bonchev–Trinajstić information content (AvgIpc) is 2.99. The quantitative estimate of drug-likeness (QED) is 0.806. The van der Waals surface area contributed by atoms with Crippen molar-refractivity contribution in [2.45, 2.75) is 38.3 Å². The van der Waals surface area contributed by atoms with Gasteiger partial charge in [0.25, 0.3) is 5.91 Å². The minimum atomic E-state index is -0.911. The molecule has 2 fully saturated rings. The predicted molar refractivity (Wildman–Crippen MR) is 66.7 cm³/mol. The molecular formula is C13H21NO5. The van der Waals surface area contributed by atoms with Crippen LogP contribution in [0.1, 0.15) is 26.7 Å². The zero-order valence-corrected chi connectivity index (χ0v) is 11.4. The Labute approximate surface area is 112 Å². The van der Waals surface area contributed by atoms with Crippen LogP contribution in [0.25, 0.3) is 0 Å². The molecule has 2 aliphatic heterocycles. The van der Waals surface area contributed by atoms with Gasteiger partial charge in [-0.1, -0.05) is 0 Å². The van der Waals surface area contributed by atoms with Crippen molar-refractivity contribution >= 4 is 11.9 Å². The molecule has 1 amide bonds. The zero-order chi connectivity index (χ0) is 14.0. The minimum Gasteiger partial charge on any atom is -0.481 e. The molecular weight excluding hydrogens is 250 g/mol. The molecule has 2 aliphatic rings. The first-order chi connectivity index (χ1) is 8.99. The second-order valence-corrected chi connectivity index (χ2v) is 5.32. The molecule has 0 aromatic carbocycles. The number of carboxylic acid groups (broad SMARTS) is 1. The van der Waals surface area contributed by atoms with E-state index in [1.807, 2.05) is 6.92 Å². The molecule has 0 spiro atoms. The fourth-order valence-corrected chi connectivity index (χ4v) is 2.87. The lowest BCUT2D eigenvalue weighted by atomic mass is 9.96. The van der Waals surface area contributed by atoms with E-state index in [4.69, 9.17) is 9.47 Å². The molecule has 3 atom stereocenters. The Balaban J connectivity index is 2.15. The molecule has 2 heterocycles. The summed E-state index contributed by atoms with van der Waals surface area (Å²) in [7, 11) is 0. The van der Waals surface area contributed by atoms with Gasteiger partial charge in [-0.25, -0.2) is 0 Å². The molecule has 3 unspecified atom stereocenters. The number of carbonyl (C=O) groups excluding carboxylic acids is 1. The zero-order valence-electron chi connectivity index (χ0n) is 11.4. The third-order valence-corrected chi connectivity index (χ3v) is 4.04. The van der Waals surface area contributed by atoms with Gasteiger partial charge in [0.2, 0.25) is 0 Å². The third-order valence-electron chi connectivity index (χ3n) is 4.04. The first-order valence-electron chi connectivity index (χ1n) is 6.75. The van der Waals surface area contributed by atoms with Gasteiger partial charge in [-0.3, -0.25) is 9.59 Å². The maximum atomic E-state index is 12.6. The van der Waals surface area contributed by atoms with Gasteiger partial charge in [-0.2, -0.15) is 0 Å². The number of ether oxygens (including phenoxy) is 2. The van der Waals surface area contributed by atoms with Gasteiger partial charge < -0.3 is 19.5 Å². The highest BCUT2D eigenvalue weighted by atomic mass is 16.5. The van der Waals surface area contributed by atoms with Crippen LogP contribution in [0.15, 0.2) is 0 Å².